The van der Waals surface area contributed by atoms with E-state index in [1.165, 1.54) is 25.3 Å². The Hall–Kier alpha value is -4.63. The van der Waals surface area contributed by atoms with Crippen LogP contribution in [0.4, 0.5) is 5.69 Å². The van der Waals surface area contributed by atoms with Crippen LogP contribution < -0.4 is 20.0 Å². The number of benzene rings is 2. The molecule has 194 valence electrons. The maximum absolute atomic E-state index is 13.6. The van der Waals surface area contributed by atoms with E-state index in [0.717, 1.165) is 5.52 Å². The van der Waals surface area contributed by atoms with Crippen molar-refractivity contribution in [2.24, 2.45) is 7.05 Å². The van der Waals surface area contributed by atoms with E-state index in [2.05, 4.69) is 0 Å². The molecule has 0 saturated heterocycles. The third-order valence-corrected chi connectivity index (χ3v) is 7.01. The Balaban J connectivity index is 1.73. The van der Waals surface area contributed by atoms with Gasteiger partial charge in [0.25, 0.3) is 0 Å². The lowest BCUT2D eigenvalue weighted by Crippen LogP contribution is -2.40. The third-order valence-electron chi connectivity index (χ3n) is 7.01. The standard InChI is InChI=1S/C29H26N2O7/c1-15-9-25(32)18-7-8-23(29(34)35)31(36)28(18)21-12-20-22(14-30(2)24(20)13-19(15)21)26(33)10-16-5-6-17(37-3)11-27(16)38-4/h5-9,11-14,23,36H,10H2,1-4H3,(H,34,35). The monoisotopic (exact) mass is 514 g/mol. The van der Waals surface area contributed by atoms with Gasteiger partial charge in [0.2, 0.25) is 0 Å². The quantitative estimate of drug-likeness (QED) is 0.369. The lowest BCUT2D eigenvalue weighted by atomic mass is 9.98. The summed E-state index contributed by atoms with van der Waals surface area (Å²) in [4.78, 5) is 38.3. The molecule has 1 aliphatic rings. The highest BCUT2D eigenvalue weighted by Crippen LogP contribution is 2.37. The SMILES string of the molecule is COc1ccc(CC(=O)c2cn(C)c3cc4c(C)cc(=O)c5c(c4cc23)N(O)C(C(=O)O)C=C5)c(OC)c1. The first kappa shape index (κ1) is 25.0. The highest BCUT2D eigenvalue weighted by Gasteiger charge is 2.30. The number of carbonyl (C=O) groups is 2. The van der Waals surface area contributed by atoms with Gasteiger partial charge in [-0.25, -0.2) is 9.86 Å². The molecule has 0 radical (unpaired) electrons. The highest BCUT2D eigenvalue weighted by molar-refractivity contribution is 6.14. The fourth-order valence-corrected chi connectivity index (χ4v) is 5.06. The number of Topliss-reactive ketones (excluding diaryl/α,β-unsaturated/α-hetero) is 1. The number of carboxylic acids is 1. The lowest BCUT2D eigenvalue weighted by molar-refractivity contribution is -0.138. The van der Waals surface area contributed by atoms with Gasteiger partial charge < -0.3 is 19.1 Å². The molecule has 1 atom stereocenters. The summed E-state index contributed by atoms with van der Waals surface area (Å²) in [5, 5.41) is 22.9. The van der Waals surface area contributed by atoms with Crippen LogP contribution in [0.5, 0.6) is 11.5 Å². The van der Waals surface area contributed by atoms with Crippen molar-refractivity contribution in [1.29, 1.82) is 0 Å². The normalized spacial score (nSPS) is 14.6. The first-order valence-corrected chi connectivity index (χ1v) is 11.9. The molecule has 5 rings (SSSR count). The molecule has 0 spiro atoms. The first-order chi connectivity index (χ1) is 18.1. The second-order valence-corrected chi connectivity index (χ2v) is 9.29. The van der Waals surface area contributed by atoms with Gasteiger partial charge in [-0.3, -0.25) is 14.8 Å². The second kappa shape index (κ2) is 9.35. The zero-order valence-electron chi connectivity index (χ0n) is 21.3. The molecule has 1 aliphatic heterocycles. The van der Waals surface area contributed by atoms with Gasteiger partial charge in [-0.15, -0.1) is 0 Å². The molecule has 0 fully saturated rings. The summed E-state index contributed by atoms with van der Waals surface area (Å²) in [5.74, 6) is -0.269. The number of aromatic nitrogens is 1. The number of aryl methyl sites for hydroxylation is 2. The zero-order valence-corrected chi connectivity index (χ0v) is 21.3. The Labute approximate surface area is 217 Å². The molecule has 2 N–H and O–H groups in total. The topological polar surface area (TPSA) is 118 Å². The summed E-state index contributed by atoms with van der Waals surface area (Å²) in [5.41, 5.74) is 2.48. The van der Waals surface area contributed by atoms with Crippen molar-refractivity contribution >= 4 is 45.2 Å². The van der Waals surface area contributed by atoms with Crippen LogP contribution in [-0.2, 0) is 18.3 Å². The smallest absolute Gasteiger partial charge is 0.332 e. The van der Waals surface area contributed by atoms with Crippen molar-refractivity contribution < 1.29 is 29.4 Å². The molecule has 3 aromatic carbocycles. The average Bonchev–Trinajstić information content (AvgIpc) is 3.17. The molecule has 9 heteroatoms. The Morgan fingerprint density at radius 1 is 1.03 bits per heavy atom. The molecule has 0 aliphatic carbocycles. The van der Waals surface area contributed by atoms with E-state index in [1.54, 1.807) is 44.5 Å². The number of carbonyl (C=O) groups excluding carboxylic acids is 1. The minimum Gasteiger partial charge on any atom is -0.497 e. The van der Waals surface area contributed by atoms with Gasteiger partial charge in [0.05, 0.1) is 19.9 Å². The van der Waals surface area contributed by atoms with Gasteiger partial charge in [0.1, 0.15) is 11.5 Å². The minimum atomic E-state index is -1.36. The van der Waals surface area contributed by atoms with Crippen LogP contribution >= 0.6 is 0 Å². The van der Waals surface area contributed by atoms with Crippen LogP contribution in [0.15, 0.2) is 53.5 Å². The zero-order chi connectivity index (χ0) is 27.3. The van der Waals surface area contributed by atoms with E-state index in [4.69, 9.17) is 9.47 Å². The molecule has 9 nitrogen and oxygen atoms in total. The maximum atomic E-state index is 13.6. The lowest BCUT2D eigenvalue weighted by Gasteiger charge is -2.27. The van der Waals surface area contributed by atoms with E-state index in [0.29, 0.717) is 49.4 Å². The Morgan fingerprint density at radius 2 is 1.79 bits per heavy atom. The van der Waals surface area contributed by atoms with E-state index in [-0.39, 0.29) is 28.9 Å². The molecule has 0 amide bonds. The van der Waals surface area contributed by atoms with E-state index < -0.39 is 12.0 Å². The van der Waals surface area contributed by atoms with Crippen LogP contribution in [0, 0.1) is 6.92 Å². The Bertz CT molecular complexity index is 1740. The summed E-state index contributed by atoms with van der Waals surface area (Å²) in [7, 11) is 4.91. The van der Waals surface area contributed by atoms with Crippen LogP contribution in [-0.4, -0.2) is 46.9 Å². The predicted octanol–water partition coefficient (Wildman–Crippen LogP) is 4.12. The summed E-state index contributed by atoms with van der Waals surface area (Å²) in [6.45, 7) is 1.78. The van der Waals surface area contributed by atoms with Gasteiger partial charge in [-0.2, -0.15) is 0 Å². The fraction of sp³-hybridized carbons (Fsp3) is 0.207. The molecule has 2 heterocycles. The number of hydrogen-bond donors (Lipinski definition) is 2. The fourth-order valence-electron chi connectivity index (χ4n) is 5.06. The van der Waals surface area contributed by atoms with Gasteiger partial charge in [0.15, 0.2) is 17.3 Å². The molecule has 1 aromatic heterocycles. The van der Waals surface area contributed by atoms with E-state index in [1.807, 2.05) is 17.7 Å². The summed E-state index contributed by atoms with van der Waals surface area (Å²) < 4.78 is 12.5. The summed E-state index contributed by atoms with van der Waals surface area (Å²) >= 11 is 0. The van der Waals surface area contributed by atoms with Gasteiger partial charge in [0, 0.05) is 58.7 Å². The number of rotatable bonds is 6. The molecular weight excluding hydrogens is 488 g/mol. The predicted molar refractivity (Wildman–Crippen MR) is 144 cm³/mol. The van der Waals surface area contributed by atoms with Crippen LogP contribution in [0.3, 0.4) is 0 Å². The number of ether oxygens (including phenoxy) is 2. The Kier molecular flexibility index (Phi) is 6.16. The molecule has 4 aromatic rings. The van der Waals surface area contributed by atoms with Gasteiger partial charge in [-0.1, -0.05) is 12.1 Å². The molecular formula is C29H26N2O7. The molecule has 0 bridgehead atoms. The maximum Gasteiger partial charge on any atom is 0.332 e. The number of aliphatic carboxylic acids is 1. The number of carboxylic acid groups (broad SMARTS) is 1. The van der Waals surface area contributed by atoms with Crippen LogP contribution in [0.2, 0.25) is 0 Å². The number of methoxy groups -OCH3 is 2. The number of hydrogen-bond acceptors (Lipinski definition) is 7. The minimum absolute atomic E-state index is 0.0741. The van der Waals surface area contributed by atoms with E-state index >= 15 is 0 Å². The van der Waals surface area contributed by atoms with E-state index in [9.17, 15) is 24.7 Å². The number of nitrogens with zero attached hydrogens (tertiary/aromatic N) is 2. The Morgan fingerprint density at radius 3 is 2.47 bits per heavy atom. The van der Waals surface area contributed by atoms with Crippen molar-refractivity contribution in [1.82, 2.24) is 4.57 Å². The van der Waals surface area contributed by atoms with Crippen molar-refractivity contribution in [2.75, 3.05) is 19.3 Å². The number of anilines is 1. The third kappa shape index (κ3) is 3.97. The molecule has 38 heavy (non-hydrogen) atoms. The number of fused-ring (bicyclic) bond motifs is 4. The summed E-state index contributed by atoms with van der Waals surface area (Å²) in [6.07, 6.45) is 4.52. The summed E-state index contributed by atoms with van der Waals surface area (Å²) in [6, 6.07) is 8.98. The average molecular weight is 515 g/mol. The van der Waals surface area contributed by atoms with Crippen molar-refractivity contribution in [2.45, 2.75) is 19.4 Å². The largest absolute Gasteiger partial charge is 0.497 e. The van der Waals surface area contributed by atoms with Crippen LogP contribution in [0.25, 0.3) is 27.8 Å². The van der Waals surface area contributed by atoms with Crippen molar-refractivity contribution in [3.63, 3.8) is 0 Å². The molecule has 0 saturated carbocycles. The highest BCUT2D eigenvalue weighted by atomic mass is 16.5. The van der Waals surface area contributed by atoms with Crippen LogP contribution in [0.1, 0.15) is 27.0 Å². The number of ketones is 1. The van der Waals surface area contributed by atoms with Gasteiger partial charge >= 0.3 is 5.97 Å². The number of hydroxylamine groups is 1. The second-order valence-electron chi connectivity index (χ2n) is 9.29. The van der Waals surface area contributed by atoms with Crippen molar-refractivity contribution in [3.8, 4) is 11.5 Å². The molecule has 1 unspecified atom stereocenters. The van der Waals surface area contributed by atoms with Crippen molar-refractivity contribution in [3.05, 3.63) is 81.1 Å². The van der Waals surface area contributed by atoms with Gasteiger partial charge in [-0.05, 0) is 48.2 Å². The first-order valence-electron chi connectivity index (χ1n) is 11.9.